The number of dihydropyridines is 1. The Hall–Kier alpha value is -3.82. The zero-order valence-corrected chi connectivity index (χ0v) is 22.5. The van der Waals surface area contributed by atoms with Crippen LogP contribution >= 0.6 is 0 Å². The fourth-order valence-corrected chi connectivity index (χ4v) is 3.84. The summed E-state index contributed by atoms with van der Waals surface area (Å²) in [7, 11) is 0. The molecule has 1 aromatic carbocycles. The molecule has 37 heavy (non-hydrogen) atoms. The number of Topliss-reactive ketones (excluding diaryl/α,β-unsaturated/α-hetero) is 2. The lowest BCUT2D eigenvalue weighted by Gasteiger charge is -2.36. The van der Waals surface area contributed by atoms with Gasteiger partial charge in [0.1, 0.15) is 11.4 Å². The number of ketones is 2. The van der Waals surface area contributed by atoms with Crippen LogP contribution in [0.4, 0.5) is 5.69 Å². The molecule has 1 aliphatic heterocycles. The number of hydrogen-bond acceptors (Lipinski definition) is 9. The summed E-state index contributed by atoms with van der Waals surface area (Å²) < 4.78 is 10.4. The minimum atomic E-state index is -1.20. The van der Waals surface area contributed by atoms with E-state index in [0.29, 0.717) is 5.56 Å². The number of nitrogens with zero attached hydrogens (tertiary/aromatic N) is 1. The minimum absolute atomic E-state index is 0.00453. The lowest BCUT2D eigenvalue weighted by Crippen LogP contribution is -2.43. The van der Waals surface area contributed by atoms with Gasteiger partial charge in [0.25, 0.3) is 5.69 Å². The molecule has 0 aromatic heterocycles. The van der Waals surface area contributed by atoms with Crippen LogP contribution in [0.3, 0.4) is 0 Å². The van der Waals surface area contributed by atoms with Gasteiger partial charge >= 0.3 is 11.9 Å². The molecule has 1 N–H and O–H groups in total. The number of rotatable bonds is 8. The molecular weight excluding hydrogens is 480 g/mol. The van der Waals surface area contributed by atoms with E-state index < -0.39 is 45.2 Å². The van der Waals surface area contributed by atoms with E-state index >= 15 is 0 Å². The van der Waals surface area contributed by atoms with Crippen molar-refractivity contribution in [3.05, 3.63) is 62.5 Å². The van der Waals surface area contributed by atoms with E-state index in [0.717, 1.165) is 0 Å². The third-order valence-electron chi connectivity index (χ3n) is 5.61. The second-order valence-corrected chi connectivity index (χ2v) is 10.6. The summed E-state index contributed by atoms with van der Waals surface area (Å²) in [4.78, 5) is 64.6. The molecule has 0 saturated carbocycles. The SMILES string of the molecule is CCOC(=O)C1=C(C(=O)C(C)(C)C)C(c2ccc([N+](=O)[O-])cc2)C(C(=O)C(C)(C)C)=C(C(=O)OCC)N1. The highest BCUT2D eigenvalue weighted by Gasteiger charge is 2.46. The van der Waals surface area contributed by atoms with Gasteiger partial charge in [-0.2, -0.15) is 0 Å². The first kappa shape index (κ1) is 29.4. The van der Waals surface area contributed by atoms with Gasteiger partial charge in [0.05, 0.1) is 18.1 Å². The fourth-order valence-electron chi connectivity index (χ4n) is 3.84. The summed E-state index contributed by atoms with van der Waals surface area (Å²) in [5, 5.41) is 14.0. The molecule has 0 unspecified atom stereocenters. The van der Waals surface area contributed by atoms with Gasteiger partial charge in [-0.25, -0.2) is 9.59 Å². The van der Waals surface area contributed by atoms with Crippen molar-refractivity contribution in [1.82, 2.24) is 5.32 Å². The number of ether oxygens (including phenoxy) is 2. The third kappa shape index (κ3) is 6.31. The predicted molar refractivity (Wildman–Crippen MR) is 135 cm³/mol. The molecule has 0 saturated heterocycles. The average Bonchev–Trinajstić information content (AvgIpc) is 2.80. The first-order valence-electron chi connectivity index (χ1n) is 12.0. The molecule has 10 heteroatoms. The number of benzene rings is 1. The van der Waals surface area contributed by atoms with Gasteiger partial charge in [0.15, 0.2) is 11.6 Å². The maximum absolute atomic E-state index is 13.9. The zero-order valence-electron chi connectivity index (χ0n) is 22.5. The number of allylic oxidation sites excluding steroid dienone is 2. The second kappa shape index (κ2) is 11.1. The summed E-state index contributed by atoms with van der Waals surface area (Å²) in [6, 6.07) is 5.30. The monoisotopic (exact) mass is 514 g/mol. The average molecular weight is 515 g/mol. The van der Waals surface area contributed by atoms with Crippen LogP contribution in [0.1, 0.15) is 66.9 Å². The first-order chi connectivity index (χ1) is 17.1. The Morgan fingerprint density at radius 2 is 1.19 bits per heavy atom. The Kier molecular flexibility index (Phi) is 8.79. The van der Waals surface area contributed by atoms with Crippen molar-refractivity contribution in [3.8, 4) is 0 Å². The molecule has 2 rings (SSSR count). The molecule has 0 bridgehead atoms. The zero-order chi connectivity index (χ0) is 28.3. The fraction of sp³-hybridized carbons (Fsp3) is 0.481. The Balaban J connectivity index is 3.06. The van der Waals surface area contributed by atoms with Crippen molar-refractivity contribution in [3.63, 3.8) is 0 Å². The summed E-state index contributed by atoms with van der Waals surface area (Å²) in [6.45, 7) is 13.1. The van der Waals surface area contributed by atoms with Crippen LogP contribution in [-0.2, 0) is 28.7 Å². The van der Waals surface area contributed by atoms with Crippen LogP contribution in [0.15, 0.2) is 46.8 Å². The lowest BCUT2D eigenvalue weighted by molar-refractivity contribution is -0.384. The van der Waals surface area contributed by atoms with Gasteiger partial charge in [0, 0.05) is 40.0 Å². The van der Waals surface area contributed by atoms with Crippen molar-refractivity contribution < 1.29 is 33.6 Å². The standard InChI is InChI=1S/C27H34N2O8/c1-9-36-24(32)20-18(22(30)26(3,4)5)17(15-11-13-16(14-12-15)29(34)35)19(23(31)27(6,7)8)21(28-20)25(33)37-10-2/h11-14,17,28H,9-10H2,1-8H3. The normalized spacial score (nSPS) is 14.7. The highest BCUT2D eigenvalue weighted by molar-refractivity contribution is 6.15. The largest absolute Gasteiger partial charge is 0.461 e. The molecule has 200 valence electrons. The molecule has 0 atom stereocenters. The maximum atomic E-state index is 13.9. The van der Waals surface area contributed by atoms with Crippen molar-refractivity contribution in [1.29, 1.82) is 0 Å². The molecular formula is C27H34N2O8. The van der Waals surface area contributed by atoms with E-state index in [1.807, 2.05) is 0 Å². The molecule has 0 fully saturated rings. The summed E-state index contributed by atoms with van der Waals surface area (Å²) in [5.74, 6) is -3.89. The summed E-state index contributed by atoms with van der Waals surface area (Å²) in [6.07, 6.45) is 0. The van der Waals surface area contributed by atoms with E-state index in [1.165, 1.54) is 24.3 Å². The van der Waals surface area contributed by atoms with Crippen LogP contribution in [0.5, 0.6) is 0 Å². The Labute approximate surface area is 216 Å². The predicted octanol–water partition coefficient (Wildman–Crippen LogP) is 4.15. The quantitative estimate of drug-likeness (QED) is 0.307. The molecule has 1 heterocycles. The number of carbonyl (C=O) groups is 4. The molecule has 10 nitrogen and oxygen atoms in total. The third-order valence-corrected chi connectivity index (χ3v) is 5.61. The van der Waals surface area contributed by atoms with Crippen LogP contribution in [0.25, 0.3) is 0 Å². The van der Waals surface area contributed by atoms with Crippen LogP contribution in [0, 0.1) is 20.9 Å². The van der Waals surface area contributed by atoms with Crippen molar-refractivity contribution >= 4 is 29.2 Å². The van der Waals surface area contributed by atoms with Crippen molar-refractivity contribution in [2.75, 3.05) is 13.2 Å². The van der Waals surface area contributed by atoms with Gasteiger partial charge in [-0.3, -0.25) is 19.7 Å². The van der Waals surface area contributed by atoms with Gasteiger partial charge in [-0.1, -0.05) is 53.7 Å². The number of nitrogens with one attached hydrogen (secondary N) is 1. The van der Waals surface area contributed by atoms with E-state index in [2.05, 4.69) is 5.32 Å². The van der Waals surface area contributed by atoms with Crippen molar-refractivity contribution in [2.45, 2.75) is 61.3 Å². The first-order valence-corrected chi connectivity index (χ1v) is 12.0. The van der Waals surface area contributed by atoms with E-state index in [1.54, 1.807) is 55.4 Å². The number of carbonyl (C=O) groups excluding carboxylic acids is 4. The Morgan fingerprint density at radius 3 is 1.49 bits per heavy atom. The van der Waals surface area contributed by atoms with Gasteiger partial charge in [0.2, 0.25) is 0 Å². The molecule has 1 aliphatic rings. The Bertz CT molecular complexity index is 1110. The number of esters is 2. The topological polar surface area (TPSA) is 142 Å². The maximum Gasteiger partial charge on any atom is 0.355 e. The number of nitro groups is 1. The highest BCUT2D eigenvalue weighted by atomic mass is 16.6. The van der Waals surface area contributed by atoms with Gasteiger partial charge < -0.3 is 14.8 Å². The summed E-state index contributed by atoms with van der Waals surface area (Å²) in [5.41, 5.74) is -2.57. The van der Waals surface area contributed by atoms with Crippen LogP contribution in [0.2, 0.25) is 0 Å². The van der Waals surface area contributed by atoms with Crippen LogP contribution < -0.4 is 5.32 Å². The molecule has 0 radical (unpaired) electrons. The van der Waals surface area contributed by atoms with Crippen molar-refractivity contribution in [2.24, 2.45) is 10.8 Å². The molecule has 0 amide bonds. The molecule has 1 aromatic rings. The van der Waals surface area contributed by atoms with Gasteiger partial charge in [-0.15, -0.1) is 0 Å². The van der Waals surface area contributed by atoms with E-state index in [9.17, 15) is 29.3 Å². The number of hydrogen-bond donors (Lipinski definition) is 1. The molecule has 0 spiro atoms. The number of nitro benzene ring substituents is 1. The summed E-state index contributed by atoms with van der Waals surface area (Å²) >= 11 is 0. The van der Waals surface area contributed by atoms with Gasteiger partial charge in [-0.05, 0) is 19.4 Å². The number of non-ortho nitro benzene ring substituents is 1. The van der Waals surface area contributed by atoms with Crippen LogP contribution in [-0.4, -0.2) is 41.6 Å². The minimum Gasteiger partial charge on any atom is -0.461 e. The van der Waals surface area contributed by atoms with E-state index in [-0.39, 0.29) is 41.4 Å². The lowest BCUT2D eigenvalue weighted by atomic mass is 9.69. The van der Waals surface area contributed by atoms with E-state index in [4.69, 9.17) is 9.47 Å². The smallest absolute Gasteiger partial charge is 0.355 e. The molecule has 0 aliphatic carbocycles. The Morgan fingerprint density at radius 1 is 0.811 bits per heavy atom. The second-order valence-electron chi connectivity index (χ2n) is 10.6. The highest BCUT2D eigenvalue weighted by Crippen LogP contribution is 2.44.